The van der Waals surface area contributed by atoms with Crippen LogP contribution in [0.5, 0.6) is 5.75 Å². The Labute approximate surface area is 154 Å². The molecule has 6 nitrogen and oxygen atoms in total. The fourth-order valence-electron chi connectivity index (χ4n) is 3.03. The van der Waals surface area contributed by atoms with Crippen LogP contribution < -0.4 is 15.0 Å². The van der Waals surface area contributed by atoms with Gasteiger partial charge in [-0.05, 0) is 24.3 Å². The zero-order chi connectivity index (χ0) is 18.4. The molecule has 0 radical (unpaired) electrons. The van der Waals surface area contributed by atoms with Crippen molar-refractivity contribution in [2.45, 2.75) is 0 Å². The molecular weight excluding hydrogens is 328 g/mol. The van der Waals surface area contributed by atoms with Crippen LogP contribution in [0.1, 0.15) is 10.4 Å². The minimum Gasteiger partial charge on any atom is -0.495 e. The van der Waals surface area contributed by atoms with Crippen molar-refractivity contribution >= 4 is 17.4 Å². The Hall–Kier alpha value is -3.02. The lowest BCUT2D eigenvalue weighted by Gasteiger charge is -2.36. The highest BCUT2D eigenvalue weighted by Crippen LogP contribution is 2.28. The van der Waals surface area contributed by atoms with Crippen LogP contribution >= 0.6 is 0 Å². The highest BCUT2D eigenvalue weighted by Gasteiger charge is 2.23. The Balaban J connectivity index is 1.60. The van der Waals surface area contributed by atoms with Gasteiger partial charge in [-0.15, -0.1) is 6.58 Å². The molecule has 1 fully saturated rings. The molecule has 3 rings (SSSR count). The molecule has 1 aromatic carbocycles. The average Bonchev–Trinajstić information content (AvgIpc) is 2.72. The molecule has 26 heavy (non-hydrogen) atoms. The van der Waals surface area contributed by atoms with E-state index in [1.165, 1.54) is 0 Å². The third-order valence-corrected chi connectivity index (χ3v) is 4.43. The van der Waals surface area contributed by atoms with E-state index in [4.69, 9.17) is 4.74 Å². The number of hydrogen-bond donors (Lipinski definition) is 1. The van der Waals surface area contributed by atoms with Gasteiger partial charge < -0.3 is 19.9 Å². The van der Waals surface area contributed by atoms with Crippen LogP contribution in [0.4, 0.5) is 11.5 Å². The van der Waals surface area contributed by atoms with Crippen LogP contribution in [-0.4, -0.2) is 55.6 Å². The third-order valence-electron chi connectivity index (χ3n) is 4.43. The summed E-state index contributed by atoms with van der Waals surface area (Å²) in [6, 6.07) is 11.6. The summed E-state index contributed by atoms with van der Waals surface area (Å²) in [5, 5.41) is 3.10. The summed E-state index contributed by atoms with van der Waals surface area (Å²) in [7, 11) is 1.68. The lowest BCUT2D eigenvalue weighted by atomic mass is 10.2. The molecule has 2 heterocycles. The van der Waals surface area contributed by atoms with E-state index in [2.05, 4.69) is 27.8 Å². The first-order valence-corrected chi connectivity index (χ1v) is 8.71. The molecule has 0 bridgehead atoms. The molecule has 2 aromatic rings. The molecule has 1 saturated heterocycles. The number of hydrogen-bond acceptors (Lipinski definition) is 5. The predicted molar refractivity (Wildman–Crippen MR) is 104 cm³/mol. The highest BCUT2D eigenvalue weighted by atomic mass is 16.5. The van der Waals surface area contributed by atoms with E-state index in [1.807, 2.05) is 35.2 Å². The summed E-state index contributed by atoms with van der Waals surface area (Å²) in [6.45, 7) is 7.20. The zero-order valence-electron chi connectivity index (χ0n) is 15.0. The van der Waals surface area contributed by atoms with Crippen LogP contribution in [0.25, 0.3) is 0 Å². The fourth-order valence-corrected chi connectivity index (χ4v) is 3.03. The number of nitrogens with one attached hydrogen (secondary N) is 1. The number of aromatic nitrogens is 1. The quantitative estimate of drug-likeness (QED) is 0.810. The van der Waals surface area contributed by atoms with Gasteiger partial charge in [0.25, 0.3) is 5.91 Å². The van der Waals surface area contributed by atoms with Gasteiger partial charge in [0.1, 0.15) is 11.6 Å². The number of nitrogens with zero attached hydrogens (tertiary/aromatic N) is 3. The van der Waals surface area contributed by atoms with Gasteiger partial charge >= 0.3 is 0 Å². The van der Waals surface area contributed by atoms with Crippen molar-refractivity contribution in [3.63, 3.8) is 0 Å². The molecule has 0 aliphatic carbocycles. The second-order valence-electron chi connectivity index (χ2n) is 6.05. The maximum absolute atomic E-state index is 12.7. The largest absolute Gasteiger partial charge is 0.495 e. The molecule has 136 valence electrons. The van der Waals surface area contributed by atoms with E-state index in [1.54, 1.807) is 19.4 Å². The molecule has 1 amide bonds. The summed E-state index contributed by atoms with van der Waals surface area (Å²) < 4.78 is 5.44. The van der Waals surface area contributed by atoms with E-state index >= 15 is 0 Å². The number of carbonyl (C=O) groups is 1. The SMILES string of the molecule is C=CCNc1ccc(C(=O)N2CCN(c3ccccc3OC)CC2)cn1. The topological polar surface area (TPSA) is 57.7 Å². The third kappa shape index (κ3) is 3.96. The minimum absolute atomic E-state index is 0.0208. The fraction of sp³-hybridized carbons (Fsp3) is 0.300. The number of carbonyl (C=O) groups excluding carboxylic acids is 1. The van der Waals surface area contributed by atoms with Crippen molar-refractivity contribution in [1.82, 2.24) is 9.88 Å². The number of anilines is 2. The number of para-hydroxylation sites is 2. The van der Waals surface area contributed by atoms with E-state index in [0.29, 0.717) is 25.2 Å². The van der Waals surface area contributed by atoms with Gasteiger partial charge in [0.05, 0.1) is 18.4 Å². The lowest BCUT2D eigenvalue weighted by Crippen LogP contribution is -2.48. The normalized spacial score (nSPS) is 14.0. The number of methoxy groups -OCH3 is 1. The zero-order valence-corrected chi connectivity index (χ0v) is 15.0. The first kappa shape index (κ1) is 17.8. The molecule has 0 saturated carbocycles. The van der Waals surface area contributed by atoms with Crippen LogP contribution in [0.15, 0.2) is 55.3 Å². The van der Waals surface area contributed by atoms with E-state index in [9.17, 15) is 4.79 Å². The van der Waals surface area contributed by atoms with Crippen molar-refractivity contribution in [1.29, 1.82) is 0 Å². The first-order valence-electron chi connectivity index (χ1n) is 8.71. The van der Waals surface area contributed by atoms with Crippen LogP contribution in [0.3, 0.4) is 0 Å². The monoisotopic (exact) mass is 352 g/mol. The maximum Gasteiger partial charge on any atom is 0.255 e. The second kappa shape index (κ2) is 8.38. The summed E-state index contributed by atoms with van der Waals surface area (Å²) in [4.78, 5) is 21.1. The van der Waals surface area contributed by atoms with Gasteiger partial charge in [-0.1, -0.05) is 18.2 Å². The maximum atomic E-state index is 12.7. The minimum atomic E-state index is 0.0208. The van der Waals surface area contributed by atoms with Gasteiger partial charge in [-0.25, -0.2) is 4.98 Å². The van der Waals surface area contributed by atoms with Crippen LogP contribution in [0.2, 0.25) is 0 Å². The predicted octanol–water partition coefficient (Wildman–Crippen LogP) is 2.65. The van der Waals surface area contributed by atoms with E-state index in [-0.39, 0.29) is 5.91 Å². The Bertz CT molecular complexity index is 753. The van der Waals surface area contributed by atoms with Crippen molar-refractivity contribution in [2.24, 2.45) is 0 Å². The Morgan fingerprint density at radius 3 is 2.65 bits per heavy atom. The second-order valence-corrected chi connectivity index (χ2v) is 6.05. The summed E-state index contributed by atoms with van der Waals surface area (Å²) >= 11 is 0. The molecule has 1 aromatic heterocycles. The van der Waals surface area contributed by atoms with E-state index in [0.717, 1.165) is 30.3 Å². The standard InChI is InChI=1S/C20H24N4O2/c1-3-10-21-19-9-8-16(15-22-19)20(25)24-13-11-23(12-14-24)17-6-4-5-7-18(17)26-2/h3-9,15H,1,10-14H2,2H3,(H,21,22). The highest BCUT2D eigenvalue weighted by molar-refractivity contribution is 5.94. The molecule has 6 heteroatoms. The number of pyridine rings is 1. The van der Waals surface area contributed by atoms with Gasteiger partial charge in [0.2, 0.25) is 0 Å². The molecular formula is C20H24N4O2. The lowest BCUT2D eigenvalue weighted by molar-refractivity contribution is 0.0746. The van der Waals surface area contributed by atoms with E-state index < -0.39 is 0 Å². The molecule has 0 atom stereocenters. The summed E-state index contributed by atoms with van der Waals surface area (Å²) in [6.07, 6.45) is 3.39. The van der Waals surface area contributed by atoms with Gasteiger partial charge in [-0.2, -0.15) is 0 Å². The van der Waals surface area contributed by atoms with Crippen molar-refractivity contribution in [3.05, 3.63) is 60.8 Å². The molecule has 0 spiro atoms. The number of amides is 1. The summed E-state index contributed by atoms with van der Waals surface area (Å²) in [5.74, 6) is 1.62. The van der Waals surface area contributed by atoms with Crippen molar-refractivity contribution in [3.8, 4) is 5.75 Å². The van der Waals surface area contributed by atoms with Crippen molar-refractivity contribution in [2.75, 3.05) is 50.1 Å². The summed E-state index contributed by atoms with van der Waals surface area (Å²) in [5.41, 5.74) is 1.68. The van der Waals surface area contributed by atoms with Crippen LogP contribution in [0, 0.1) is 0 Å². The average molecular weight is 352 g/mol. The van der Waals surface area contributed by atoms with Crippen LogP contribution in [-0.2, 0) is 0 Å². The molecule has 1 N–H and O–H groups in total. The Morgan fingerprint density at radius 2 is 2.00 bits per heavy atom. The Kier molecular flexibility index (Phi) is 5.73. The number of piperazine rings is 1. The smallest absolute Gasteiger partial charge is 0.255 e. The van der Waals surface area contributed by atoms with Gasteiger partial charge in [0, 0.05) is 38.9 Å². The molecule has 0 unspecified atom stereocenters. The first-order chi connectivity index (χ1) is 12.7. The van der Waals surface area contributed by atoms with Crippen molar-refractivity contribution < 1.29 is 9.53 Å². The number of ether oxygens (including phenoxy) is 1. The number of rotatable bonds is 6. The van der Waals surface area contributed by atoms with Gasteiger partial charge in [-0.3, -0.25) is 4.79 Å². The van der Waals surface area contributed by atoms with Gasteiger partial charge in [0.15, 0.2) is 0 Å². The molecule has 1 aliphatic heterocycles. The number of benzene rings is 1. The molecule has 1 aliphatic rings. The Morgan fingerprint density at radius 1 is 1.23 bits per heavy atom.